The van der Waals surface area contributed by atoms with Gasteiger partial charge in [0.05, 0.1) is 5.84 Å². The zero-order valence-electron chi connectivity index (χ0n) is 19.2. The maximum Gasteiger partial charge on any atom is 0.266 e. The van der Waals surface area contributed by atoms with Crippen LogP contribution >= 0.6 is 0 Å². The minimum atomic E-state index is -1.12. The van der Waals surface area contributed by atoms with Crippen molar-refractivity contribution in [2.75, 3.05) is 19.6 Å². The number of nitrogens with two attached hydrogens (primary N) is 1. The summed E-state index contributed by atoms with van der Waals surface area (Å²) in [6, 6.07) is 19.8. The second-order valence-electron chi connectivity index (χ2n) is 9.03. The third kappa shape index (κ3) is 4.14. The van der Waals surface area contributed by atoms with Gasteiger partial charge in [0.25, 0.3) is 5.91 Å². The lowest BCUT2D eigenvalue weighted by Gasteiger charge is -2.35. The Morgan fingerprint density at radius 2 is 1.59 bits per heavy atom. The Labute approximate surface area is 190 Å². The Bertz CT molecular complexity index is 952. The van der Waals surface area contributed by atoms with Crippen molar-refractivity contribution in [3.05, 3.63) is 71.8 Å². The number of carbonyl (C=O) groups is 1. The number of nitrogens with zero attached hydrogens (tertiary/aromatic N) is 4. The molecular weight excluding hydrogens is 398 g/mol. The predicted molar refractivity (Wildman–Crippen MR) is 130 cm³/mol. The Balaban J connectivity index is 1.54. The van der Waals surface area contributed by atoms with Gasteiger partial charge in [0.2, 0.25) is 0 Å². The van der Waals surface area contributed by atoms with Crippen LogP contribution in [-0.4, -0.2) is 53.2 Å². The Hall–Kier alpha value is -3.15. The molecule has 0 aromatic heterocycles. The number of benzene rings is 2. The van der Waals surface area contributed by atoms with Crippen molar-refractivity contribution in [1.29, 1.82) is 0 Å². The van der Waals surface area contributed by atoms with Crippen LogP contribution in [0.4, 0.5) is 0 Å². The molecule has 1 saturated heterocycles. The molecule has 2 aromatic rings. The van der Waals surface area contributed by atoms with E-state index in [9.17, 15) is 4.79 Å². The first-order chi connectivity index (χ1) is 15.4. The van der Waals surface area contributed by atoms with E-state index in [1.807, 2.05) is 60.7 Å². The summed E-state index contributed by atoms with van der Waals surface area (Å²) in [5.41, 5.74) is 6.96. The number of likely N-dealkylation sites (tertiary alicyclic amines) is 1. The van der Waals surface area contributed by atoms with Crippen molar-refractivity contribution >= 4 is 17.7 Å². The van der Waals surface area contributed by atoms with Crippen LogP contribution in [0.3, 0.4) is 0 Å². The average Bonchev–Trinajstić information content (AvgIpc) is 3.06. The van der Waals surface area contributed by atoms with E-state index >= 15 is 0 Å². The van der Waals surface area contributed by atoms with Crippen molar-refractivity contribution in [3.8, 4) is 0 Å². The minimum Gasteiger partial charge on any atom is -0.369 e. The average molecular weight is 432 g/mol. The molecule has 0 radical (unpaired) electrons. The predicted octanol–water partition coefficient (Wildman–Crippen LogP) is 3.63. The zero-order chi connectivity index (χ0) is 22.7. The topological polar surface area (TPSA) is 74.3 Å². The highest BCUT2D eigenvalue weighted by Crippen LogP contribution is 2.40. The summed E-state index contributed by atoms with van der Waals surface area (Å²) in [6.45, 7) is 8.79. The second kappa shape index (κ2) is 9.15. The van der Waals surface area contributed by atoms with Gasteiger partial charge < -0.3 is 10.6 Å². The van der Waals surface area contributed by atoms with Crippen molar-refractivity contribution in [2.24, 2.45) is 21.6 Å². The molecule has 0 saturated carbocycles. The normalized spacial score (nSPS) is 19.6. The fourth-order valence-electron chi connectivity index (χ4n) is 4.81. The zero-order valence-corrected chi connectivity index (χ0v) is 19.2. The summed E-state index contributed by atoms with van der Waals surface area (Å²) in [6.07, 6.45) is 2.01. The van der Waals surface area contributed by atoms with Crippen LogP contribution < -0.4 is 5.73 Å². The van der Waals surface area contributed by atoms with Crippen LogP contribution in [0.2, 0.25) is 0 Å². The van der Waals surface area contributed by atoms with Crippen molar-refractivity contribution in [1.82, 2.24) is 9.80 Å². The molecule has 0 atom stereocenters. The molecule has 2 N–H and O–H groups in total. The first-order valence-electron chi connectivity index (χ1n) is 11.5. The van der Waals surface area contributed by atoms with Gasteiger partial charge in [0.1, 0.15) is 0 Å². The van der Waals surface area contributed by atoms with E-state index in [0.717, 1.165) is 42.9 Å². The largest absolute Gasteiger partial charge is 0.369 e. The molecule has 4 rings (SSSR count). The molecule has 0 aliphatic carbocycles. The van der Waals surface area contributed by atoms with Crippen LogP contribution in [0, 0.1) is 5.92 Å². The van der Waals surface area contributed by atoms with E-state index in [2.05, 4.69) is 30.7 Å². The van der Waals surface area contributed by atoms with Gasteiger partial charge in [-0.15, -0.1) is 0 Å². The van der Waals surface area contributed by atoms with E-state index in [1.165, 1.54) is 0 Å². The maximum atomic E-state index is 13.9. The number of carbonyl (C=O) groups excluding carboxylic acids is 1. The number of hydrogen-bond acceptors (Lipinski definition) is 4. The lowest BCUT2D eigenvalue weighted by Crippen LogP contribution is -2.47. The highest BCUT2D eigenvalue weighted by atomic mass is 16.2. The molecule has 0 bridgehead atoms. The summed E-state index contributed by atoms with van der Waals surface area (Å²) in [4.78, 5) is 27.4. The summed E-state index contributed by atoms with van der Waals surface area (Å²) in [7, 11) is 0. The fourth-order valence-corrected chi connectivity index (χ4v) is 4.81. The van der Waals surface area contributed by atoms with E-state index < -0.39 is 5.54 Å². The van der Waals surface area contributed by atoms with Crippen molar-refractivity contribution in [3.63, 3.8) is 0 Å². The van der Waals surface area contributed by atoms with Crippen LogP contribution in [-0.2, 0) is 10.3 Å². The highest BCUT2D eigenvalue weighted by molar-refractivity contribution is 6.09. The van der Waals surface area contributed by atoms with Gasteiger partial charge >= 0.3 is 0 Å². The molecule has 32 heavy (non-hydrogen) atoms. The first-order valence-corrected chi connectivity index (χ1v) is 11.5. The van der Waals surface area contributed by atoms with Crippen molar-refractivity contribution < 1.29 is 4.79 Å². The SMILES string of the molecule is CC(=NC(C)C)N1CCC(CN2C(=O)C(c3ccccc3)(c3ccccc3)N=C2N)CC1. The number of amides is 1. The molecule has 2 aliphatic rings. The smallest absolute Gasteiger partial charge is 0.266 e. The van der Waals surface area contributed by atoms with Gasteiger partial charge in [0.15, 0.2) is 11.5 Å². The van der Waals surface area contributed by atoms with E-state index in [-0.39, 0.29) is 5.91 Å². The third-order valence-electron chi connectivity index (χ3n) is 6.45. The van der Waals surface area contributed by atoms with E-state index in [1.54, 1.807) is 4.90 Å². The number of amidine groups is 1. The number of aliphatic imine (C=N–C) groups is 2. The van der Waals surface area contributed by atoms with Crippen LogP contribution in [0.1, 0.15) is 44.7 Å². The maximum absolute atomic E-state index is 13.9. The molecule has 168 valence electrons. The van der Waals surface area contributed by atoms with Gasteiger partial charge in [0, 0.05) is 25.7 Å². The van der Waals surface area contributed by atoms with E-state index in [4.69, 9.17) is 10.7 Å². The lowest BCUT2D eigenvalue weighted by molar-refractivity contribution is -0.130. The summed E-state index contributed by atoms with van der Waals surface area (Å²) in [5, 5.41) is 0. The molecule has 0 unspecified atom stereocenters. The third-order valence-corrected chi connectivity index (χ3v) is 6.45. The Kier molecular flexibility index (Phi) is 6.31. The number of hydrogen-bond donors (Lipinski definition) is 1. The Morgan fingerprint density at radius 3 is 2.09 bits per heavy atom. The fraction of sp³-hybridized carbons (Fsp3) is 0.423. The molecular formula is C26H33N5O. The number of piperidine rings is 1. The second-order valence-corrected chi connectivity index (χ2v) is 9.03. The van der Waals surface area contributed by atoms with Gasteiger partial charge in [-0.1, -0.05) is 60.7 Å². The first kappa shape index (κ1) is 22.1. The molecule has 1 fully saturated rings. The minimum absolute atomic E-state index is 0.0626. The van der Waals surface area contributed by atoms with Gasteiger partial charge in [-0.25, -0.2) is 4.99 Å². The summed E-state index contributed by atoms with van der Waals surface area (Å²) in [5.74, 6) is 1.73. The molecule has 6 nitrogen and oxygen atoms in total. The van der Waals surface area contributed by atoms with E-state index in [0.29, 0.717) is 24.5 Å². The molecule has 1 amide bonds. The molecule has 6 heteroatoms. The summed E-state index contributed by atoms with van der Waals surface area (Å²) >= 11 is 0. The van der Waals surface area contributed by atoms with Gasteiger partial charge in [-0.3, -0.25) is 14.7 Å². The van der Waals surface area contributed by atoms with Crippen LogP contribution in [0.25, 0.3) is 0 Å². The number of rotatable bonds is 5. The summed E-state index contributed by atoms with van der Waals surface area (Å²) < 4.78 is 0. The quantitative estimate of drug-likeness (QED) is 0.580. The van der Waals surface area contributed by atoms with Crippen molar-refractivity contribution in [2.45, 2.75) is 45.2 Å². The molecule has 2 heterocycles. The van der Waals surface area contributed by atoms with Gasteiger partial charge in [-0.05, 0) is 50.7 Å². The van der Waals surface area contributed by atoms with Gasteiger partial charge in [-0.2, -0.15) is 0 Å². The lowest BCUT2D eigenvalue weighted by atomic mass is 9.82. The van der Waals surface area contributed by atoms with Crippen LogP contribution in [0.15, 0.2) is 70.6 Å². The highest BCUT2D eigenvalue weighted by Gasteiger charge is 2.50. The molecule has 2 aliphatic heterocycles. The monoisotopic (exact) mass is 431 g/mol. The number of guanidine groups is 1. The molecule has 2 aromatic carbocycles. The standard InChI is InChI=1S/C26H33N5O/c1-19(2)28-20(3)30-16-14-21(15-17-30)18-31-24(32)26(29-25(31)27,22-10-6-4-7-11-22)23-12-8-5-9-13-23/h4-13,19,21H,14-18H2,1-3H3,(H2,27,29). The molecule has 0 spiro atoms. The Morgan fingerprint density at radius 1 is 1.06 bits per heavy atom. The van der Waals surface area contributed by atoms with Crippen LogP contribution in [0.5, 0.6) is 0 Å².